The molecule has 7 nitrogen and oxygen atoms in total. The van der Waals surface area contributed by atoms with Crippen molar-refractivity contribution in [1.29, 1.82) is 0 Å². The van der Waals surface area contributed by atoms with Crippen molar-refractivity contribution in [3.8, 4) is 17.2 Å². The summed E-state index contributed by atoms with van der Waals surface area (Å²) in [5.41, 5.74) is 1.41. The fourth-order valence-corrected chi connectivity index (χ4v) is 2.83. The molecule has 0 unspecified atom stereocenters. The van der Waals surface area contributed by atoms with Crippen LogP contribution in [0.1, 0.15) is 22.3 Å². The van der Waals surface area contributed by atoms with Crippen molar-refractivity contribution in [3.63, 3.8) is 0 Å². The Labute approximate surface area is 175 Å². The van der Waals surface area contributed by atoms with Crippen LogP contribution in [0, 0.1) is 0 Å². The highest BCUT2D eigenvalue weighted by molar-refractivity contribution is 6.30. The van der Waals surface area contributed by atoms with Crippen molar-refractivity contribution in [3.05, 3.63) is 52.5 Å². The molecule has 0 aliphatic heterocycles. The fraction of sp³-hybridized carbons (Fsp3) is 0.333. The van der Waals surface area contributed by atoms with E-state index in [9.17, 15) is 9.59 Å². The molecule has 0 atom stereocenters. The number of benzene rings is 2. The van der Waals surface area contributed by atoms with Gasteiger partial charge in [0.2, 0.25) is 11.7 Å². The Kier molecular flexibility index (Phi) is 8.61. The number of nitrogens with one attached hydrogen (secondary N) is 2. The van der Waals surface area contributed by atoms with E-state index in [1.807, 2.05) is 12.1 Å². The van der Waals surface area contributed by atoms with Gasteiger partial charge in [-0.15, -0.1) is 0 Å². The minimum atomic E-state index is -0.215. The number of carbonyl (C=O) groups is 2. The van der Waals surface area contributed by atoms with Crippen molar-refractivity contribution < 1.29 is 23.8 Å². The largest absolute Gasteiger partial charge is 0.493 e. The van der Waals surface area contributed by atoms with Crippen molar-refractivity contribution in [1.82, 2.24) is 10.6 Å². The van der Waals surface area contributed by atoms with E-state index in [0.717, 1.165) is 5.56 Å². The first-order valence-electron chi connectivity index (χ1n) is 9.07. The van der Waals surface area contributed by atoms with E-state index >= 15 is 0 Å². The number of halogens is 1. The second kappa shape index (κ2) is 11.2. The summed E-state index contributed by atoms with van der Waals surface area (Å²) in [6.07, 6.45) is 0.809. The first-order chi connectivity index (χ1) is 14.0. The molecule has 0 bridgehead atoms. The number of ether oxygens (including phenoxy) is 3. The summed E-state index contributed by atoms with van der Waals surface area (Å²) in [5.74, 6) is 1.28. The van der Waals surface area contributed by atoms with Crippen LogP contribution < -0.4 is 24.8 Å². The normalized spacial score (nSPS) is 10.2. The highest BCUT2D eigenvalue weighted by Gasteiger charge is 2.14. The number of carbonyl (C=O) groups excluding carboxylic acids is 2. The summed E-state index contributed by atoms with van der Waals surface area (Å²) in [6, 6.07) is 10.2. The van der Waals surface area contributed by atoms with Gasteiger partial charge in [-0.25, -0.2) is 0 Å². The lowest BCUT2D eigenvalue weighted by molar-refractivity contribution is -0.121. The third-order valence-corrected chi connectivity index (χ3v) is 4.46. The van der Waals surface area contributed by atoms with Gasteiger partial charge in [0.15, 0.2) is 11.5 Å². The maximum absolute atomic E-state index is 12.1. The zero-order valence-electron chi connectivity index (χ0n) is 16.7. The summed E-state index contributed by atoms with van der Waals surface area (Å²) in [6.45, 7) is 0.671. The Bertz CT molecular complexity index is 814. The molecule has 8 heteroatoms. The summed E-state index contributed by atoms with van der Waals surface area (Å²) in [4.78, 5) is 24.1. The fourth-order valence-electron chi connectivity index (χ4n) is 2.71. The molecule has 0 aromatic heterocycles. The Balaban J connectivity index is 1.77. The number of aryl methyl sites for hydroxylation is 1. The van der Waals surface area contributed by atoms with Crippen molar-refractivity contribution in [2.45, 2.75) is 12.8 Å². The monoisotopic (exact) mass is 420 g/mol. The van der Waals surface area contributed by atoms with Crippen molar-refractivity contribution in [2.75, 3.05) is 34.4 Å². The molecular formula is C21H25ClN2O5. The predicted molar refractivity (Wildman–Crippen MR) is 111 cm³/mol. The molecule has 0 radical (unpaired) electrons. The van der Waals surface area contributed by atoms with Crippen LogP contribution in [0.3, 0.4) is 0 Å². The standard InChI is InChI=1S/C21H25ClN2O5/c1-27-17-12-14(13-18(28-2)20(17)29-3)4-9-19(25)23-10-11-24-21(26)15-5-7-16(22)8-6-15/h5-8,12-13H,4,9-11H2,1-3H3,(H,23,25)(H,24,26). The van der Waals surface area contributed by atoms with E-state index in [2.05, 4.69) is 10.6 Å². The minimum absolute atomic E-state index is 0.112. The molecule has 2 aromatic rings. The van der Waals surface area contributed by atoms with Gasteiger partial charge >= 0.3 is 0 Å². The van der Waals surface area contributed by atoms with Gasteiger partial charge < -0.3 is 24.8 Å². The summed E-state index contributed by atoms with van der Waals surface area (Å²) < 4.78 is 15.9. The molecule has 156 valence electrons. The van der Waals surface area contributed by atoms with E-state index in [4.69, 9.17) is 25.8 Å². The molecule has 2 rings (SSSR count). The maximum atomic E-state index is 12.1. The molecule has 0 saturated carbocycles. The molecular weight excluding hydrogens is 396 g/mol. The SMILES string of the molecule is COc1cc(CCC(=O)NCCNC(=O)c2ccc(Cl)cc2)cc(OC)c1OC. The lowest BCUT2D eigenvalue weighted by atomic mass is 10.1. The quantitative estimate of drug-likeness (QED) is 0.577. The second-order valence-electron chi connectivity index (χ2n) is 6.15. The van der Waals surface area contributed by atoms with Crippen LogP contribution in [0.25, 0.3) is 0 Å². The lowest BCUT2D eigenvalue weighted by Crippen LogP contribution is -2.34. The van der Waals surface area contributed by atoms with Gasteiger partial charge in [-0.3, -0.25) is 9.59 Å². The molecule has 0 aliphatic rings. The zero-order valence-corrected chi connectivity index (χ0v) is 17.5. The minimum Gasteiger partial charge on any atom is -0.493 e. The number of hydrogen-bond donors (Lipinski definition) is 2. The predicted octanol–water partition coefficient (Wildman–Crippen LogP) is 2.84. The second-order valence-corrected chi connectivity index (χ2v) is 6.58. The molecule has 0 fully saturated rings. The van der Waals surface area contributed by atoms with Gasteiger partial charge in [0.1, 0.15) is 0 Å². The molecule has 2 N–H and O–H groups in total. The lowest BCUT2D eigenvalue weighted by Gasteiger charge is -2.14. The van der Waals surface area contributed by atoms with Gasteiger partial charge in [-0.1, -0.05) is 11.6 Å². The highest BCUT2D eigenvalue weighted by atomic mass is 35.5. The smallest absolute Gasteiger partial charge is 0.251 e. The van der Waals surface area contributed by atoms with Gasteiger partial charge in [0.05, 0.1) is 21.3 Å². The summed E-state index contributed by atoms with van der Waals surface area (Å²) in [7, 11) is 4.64. The van der Waals surface area contributed by atoms with Crippen LogP contribution in [0.5, 0.6) is 17.2 Å². The number of amides is 2. The molecule has 2 aromatic carbocycles. The molecule has 0 saturated heterocycles. The van der Waals surface area contributed by atoms with Crippen molar-refractivity contribution in [2.24, 2.45) is 0 Å². The Morgan fingerprint density at radius 1 is 0.897 bits per heavy atom. The van der Waals surface area contributed by atoms with Crippen LogP contribution in [0.15, 0.2) is 36.4 Å². The highest BCUT2D eigenvalue weighted by Crippen LogP contribution is 2.38. The molecule has 0 aliphatic carbocycles. The first kappa shape index (κ1) is 22.4. The maximum Gasteiger partial charge on any atom is 0.251 e. The van der Waals surface area contributed by atoms with Gasteiger partial charge in [-0.2, -0.15) is 0 Å². The Morgan fingerprint density at radius 2 is 1.48 bits per heavy atom. The molecule has 0 heterocycles. The Morgan fingerprint density at radius 3 is 2.03 bits per heavy atom. The van der Waals surface area contributed by atoms with Crippen molar-refractivity contribution >= 4 is 23.4 Å². The van der Waals surface area contributed by atoms with Crippen LogP contribution in [-0.4, -0.2) is 46.2 Å². The van der Waals surface area contributed by atoms with Gasteiger partial charge in [-0.05, 0) is 48.4 Å². The first-order valence-corrected chi connectivity index (χ1v) is 9.45. The molecule has 29 heavy (non-hydrogen) atoms. The number of hydrogen-bond acceptors (Lipinski definition) is 5. The average Bonchev–Trinajstić information content (AvgIpc) is 2.74. The Hall–Kier alpha value is -2.93. The topological polar surface area (TPSA) is 85.9 Å². The van der Waals surface area contributed by atoms with Gasteiger partial charge in [0.25, 0.3) is 5.91 Å². The molecule has 0 spiro atoms. The van der Waals surface area contributed by atoms with Gasteiger partial charge in [0, 0.05) is 30.1 Å². The summed E-state index contributed by atoms with van der Waals surface area (Å²) >= 11 is 5.80. The van der Waals surface area contributed by atoms with E-state index in [1.165, 1.54) is 0 Å². The van der Waals surface area contributed by atoms with Crippen LogP contribution in [0.4, 0.5) is 0 Å². The van der Waals surface area contributed by atoms with E-state index in [0.29, 0.717) is 53.8 Å². The van der Waals surface area contributed by atoms with E-state index in [-0.39, 0.29) is 11.8 Å². The third kappa shape index (κ3) is 6.57. The van der Waals surface area contributed by atoms with Crippen LogP contribution >= 0.6 is 11.6 Å². The summed E-state index contributed by atoms with van der Waals surface area (Å²) in [5, 5.41) is 6.10. The number of rotatable bonds is 10. The molecule has 2 amide bonds. The van der Waals surface area contributed by atoms with Crippen LogP contribution in [0.2, 0.25) is 5.02 Å². The zero-order chi connectivity index (χ0) is 21.2. The third-order valence-electron chi connectivity index (χ3n) is 4.20. The average molecular weight is 421 g/mol. The van der Waals surface area contributed by atoms with Crippen LogP contribution in [-0.2, 0) is 11.2 Å². The van der Waals surface area contributed by atoms with E-state index in [1.54, 1.807) is 45.6 Å². The van der Waals surface area contributed by atoms with E-state index < -0.39 is 0 Å². The number of methoxy groups -OCH3 is 3.